The fourth-order valence-electron chi connectivity index (χ4n) is 2.49. The van der Waals surface area contributed by atoms with E-state index in [1.807, 2.05) is 31.2 Å². The van der Waals surface area contributed by atoms with Crippen molar-refractivity contribution in [3.8, 4) is 11.1 Å². The van der Waals surface area contributed by atoms with Crippen molar-refractivity contribution in [1.29, 1.82) is 0 Å². The second-order valence-corrected chi connectivity index (χ2v) is 6.15. The standard InChI is InChI=1S/C20H15ClFN3O2/c1-12-16(14-4-2-3-13(9-14)5-8-19(26)27)11-23-20(24-12)25-15-6-7-18(22)17(21)10-15/h2-11H,1H3,(H,26,27)(H,23,24,25). The summed E-state index contributed by atoms with van der Waals surface area (Å²) < 4.78 is 13.2. The molecule has 0 saturated heterocycles. The number of carboxylic acids is 1. The summed E-state index contributed by atoms with van der Waals surface area (Å²) in [6, 6.07) is 11.7. The van der Waals surface area contributed by atoms with Crippen LogP contribution in [0.2, 0.25) is 5.02 Å². The van der Waals surface area contributed by atoms with Gasteiger partial charge in [-0.05, 0) is 48.4 Å². The lowest BCUT2D eigenvalue weighted by Crippen LogP contribution is -2.00. The van der Waals surface area contributed by atoms with Gasteiger partial charge < -0.3 is 10.4 Å². The van der Waals surface area contributed by atoms with Crippen LogP contribution in [0, 0.1) is 12.7 Å². The van der Waals surface area contributed by atoms with Crippen LogP contribution in [0.25, 0.3) is 17.2 Å². The van der Waals surface area contributed by atoms with Gasteiger partial charge in [0.1, 0.15) is 5.82 Å². The van der Waals surface area contributed by atoms with Crippen LogP contribution in [-0.4, -0.2) is 21.0 Å². The Morgan fingerprint density at radius 3 is 2.78 bits per heavy atom. The number of anilines is 2. The van der Waals surface area contributed by atoms with Crippen LogP contribution in [-0.2, 0) is 4.79 Å². The molecule has 0 bridgehead atoms. The quantitative estimate of drug-likeness (QED) is 0.600. The molecule has 0 aliphatic rings. The molecule has 0 aliphatic carbocycles. The fourth-order valence-corrected chi connectivity index (χ4v) is 2.67. The molecule has 0 radical (unpaired) electrons. The zero-order valence-corrected chi connectivity index (χ0v) is 15.0. The van der Waals surface area contributed by atoms with Crippen molar-refractivity contribution >= 4 is 35.3 Å². The number of nitrogens with one attached hydrogen (secondary N) is 1. The second kappa shape index (κ2) is 7.97. The van der Waals surface area contributed by atoms with E-state index in [1.165, 1.54) is 18.2 Å². The third kappa shape index (κ3) is 4.68. The third-order valence-electron chi connectivity index (χ3n) is 3.77. The summed E-state index contributed by atoms with van der Waals surface area (Å²) in [5.74, 6) is -1.14. The number of rotatable bonds is 5. The highest BCUT2D eigenvalue weighted by atomic mass is 35.5. The molecular formula is C20H15ClFN3O2. The smallest absolute Gasteiger partial charge is 0.328 e. The Hall–Kier alpha value is -3.25. The number of aryl methyl sites for hydroxylation is 1. The first kappa shape index (κ1) is 18.5. The summed E-state index contributed by atoms with van der Waals surface area (Å²) in [4.78, 5) is 19.4. The maximum atomic E-state index is 13.2. The molecule has 1 heterocycles. The lowest BCUT2D eigenvalue weighted by Gasteiger charge is -2.10. The maximum Gasteiger partial charge on any atom is 0.328 e. The van der Waals surface area contributed by atoms with Crippen LogP contribution < -0.4 is 5.32 Å². The van der Waals surface area contributed by atoms with E-state index < -0.39 is 11.8 Å². The van der Waals surface area contributed by atoms with Crippen molar-refractivity contribution in [2.24, 2.45) is 0 Å². The molecule has 0 unspecified atom stereocenters. The summed E-state index contributed by atoms with van der Waals surface area (Å²) in [5.41, 5.74) is 3.77. The van der Waals surface area contributed by atoms with Crippen LogP contribution >= 0.6 is 11.6 Å². The highest BCUT2D eigenvalue weighted by Gasteiger charge is 2.08. The summed E-state index contributed by atoms with van der Waals surface area (Å²) in [6.07, 6.45) is 4.29. The topological polar surface area (TPSA) is 75.1 Å². The van der Waals surface area contributed by atoms with Crippen LogP contribution in [0.1, 0.15) is 11.3 Å². The van der Waals surface area contributed by atoms with Crippen molar-refractivity contribution in [2.75, 3.05) is 5.32 Å². The van der Waals surface area contributed by atoms with Gasteiger partial charge in [0.2, 0.25) is 5.95 Å². The van der Waals surface area contributed by atoms with E-state index in [-0.39, 0.29) is 5.02 Å². The predicted molar refractivity (Wildman–Crippen MR) is 104 cm³/mol. The van der Waals surface area contributed by atoms with Gasteiger partial charge in [0.25, 0.3) is 0 Å². The number of hydrogen-bond acceptors (Lipinski definition) is 4. The van der Waals surface area contributed by atoms with E-state index in [4.69, 9.17) is 16.7 Å². The molecule has 27 heavy (non-hydrogen) atoms. The van der Waals surface area contributed by atoms with Crippen molar-refractivity contribution in [2.45, 2.75) is 6.92 Å². The molecule has 0 spiro atoms. The molecule has 2 N–H and O–H groups in total. The largest absolute Gasteiger partial charge is 0.478 e. The number of halogens is 2. The van der Waals surface area contributed by atoms with E-state index in [0.29, 0.717) is 11.6 Å². The number of carbonyl (C=O) groups is 1. The zero-order valence-electron chi connectivity index (χ0n) is 14.3. The molecule has 5 nitrogen and oxygen atoms in total. The van der Waals surface area contributed by atoms with Crippen molar-refractivity contribution < 1.29 is 14.3 Å². The molecule has 0 saturated carbocycles. The number of benzene rings is 2. The fraction of sp³-hybridized carbons (Fsp3) is 0.0500. The minimum atomic E-state index is -1.00. The number of aromatic nitrogens is 2. The number of aliphatic carboxylic acids is 1. The average Bonchev–Trinajstić information content (AvgIpc) is 2.63. The first-order valence-corrected chi connectivity index (χ1v) is 8.37. The second-order valence-electron chi connectivity index (χ2n) is 5.74. The Kier molecular flexibility index (Phi) is 5.47. The molecule has 7 heteroatoms. The normalized spacial score (nSPS) is 10.9. The van der Waals surface area contributed by atoms with Gasteiger partial charge in [0.15, 0.2) is 0 Å². The first-order valence-electron chi connectivity index (χ1n) is 7.99. The lowest BCUT2D eigenvalue weighted by atomic mass is 10.0. The van der Waals surface area contributed by atoms with Crippen molar-refractivity contribution in [3.05, 3.63) is 76.8 Å². The number of carboxylic acid groups (broad SMARTS) is 1. The number of hydrogen-bond donors (Lipinski definition) is 2. The van der Waals surface area contributed by atoms with Gasteiger partial charge in [-0.15, -0.1) is 0 Å². The van der Waals surface area contributed by atoms with Crippen molar-refractivity contribution in [3.63, 3.8) is 0 Å². The Labute approximate surface area is 160 Å². The molecule has 0 fully saturated rings. The molecule has 0 atom stereocenters. The molecule has 3 rings (SSSR count). The Balaban J connectivity index is 1.85. The van der Waals surface area contributed by atoms with Gasteiger partial charge in [0, 0.05) is 23.5 Å². The third-order valence-corrected chi connectivity index (χ3v) is 4.06. The molecule has 0 amide bonds. The molecule has 3 aromatic rings. The van der Waals surface area contributed by atoms with Crippen LogP contribution in [0.15, 0.2) is 54.7 Å². The van der Waals surface area contributed by atoms with E-state index in [2.05, 4.69) is 15.3 Å². The van der Waals surface area contributed by atoms with Crippen LogP contribution in [0.3, 0.4) is 0 Å². The first-order chi connectivity index (χ1) is 12.9. The number of nitrogens with zero attached hydrogens (tertiary/aromatic N) is 2. The monoisotopic (exact) mass is 383 g/mol. The Morgan fingerprint density at radius 2 is 2.07 bits per heavy atom. The highest BCUT2D eigenvalue weighted by molar-refractivity contribution is 6.31. The lowest BCUT2D eigenvalue weighted by molar-refractivity contribution is -0.131. The molecular weight excluding hydrogens is 369 g/mol. The van der Waals surface area contributed by atoms with Gasteiger partial charge in [-0.2, -0.15) is 0 Å². The average molecular weight is 384 g/mol. The highest BCUT2D eigenvalue weighted by Crippen LogP contribution is 2.25. The Bertz CT molecular complexity index is 1040. The Morgan fingerprint density at radius 1 is 1.26 bits per heavy atom. The zero-order chi connectivity index (χ0) is 19.4. The minimum Gasteiger partial charge on any atom is -0.478 e. The van der Waals surface area contributed by atoms with E-state index >= 15 is 0 Å². The SMILES string of the molecule is Cc1nc(Nc2ccc(F)c(Cl)c2)ncc1-c1cccc(C=CC(=O)O)c1. The van der Waals surface area contributed by atoms with Gasteiger partial charge in [0.05, 0.1) is 10.7 Å². The van der Waals surface area contributed by atoms with Gasteiger partial charge in [-0.25, -0.2) is 19.2 Å². The van der Waals surface area contributed by atoms with Crippen LogP contribution in [0.4, 0.5) is 16.0 Å². The predicted octanol–water partition coefficient (Wildman–Crippen LogP) is 5.09. The van der Waals surface area contributed by atoms with E-state index in [9.17, 15) is 9.18 Å². The molecule has 2 aromatic carbocycles. The molecule has 1 aromatic heterocycles. The minimum absolute atomic E-state index is 0.0135. The summed E-state index contributed by atoms with van der Waals surface area (Å²) >= 11 is 5.78. The van der Waals surface area contributed by atoms with E-state index in [1.54, 1.807) is 12.3 Å². The van der Waals surface area contributed by atoms with Gasteiger partial charge in [-0.3, -0.25) is 0 Å². The van der Waals surface area contributed by atoms with Crippen LogP contribution in [0.5, 0.6) is 0 Å². The molecule has 136 valence electrons. The van der Waals surface area contributed by atoms with Crippen molar-refractivity contribution in [1.82, 2.24) is 9.97 Å². The van der Waals surface area contributed by atoms with E-state index in [0.717, 1.165) is 28.5 Å². The summed E-state index contributed by atoms with van der Waals surface area (Å²) in [7, 11) is 0. The molecule has 0 aliphatic heterocycles. The van der Waals surface area contributed by atoms with Gasteiger partial charge >= 0.3 is 5.97 Å². The maximum absolute atomic E-state index is 13.2. The van der Waals surface area contributed by atoms with Gasteiger partial charge in [-0.1, -0.05) is 29.8 Å². The summed E-state index contributed by atoms with van der Waals surface area (Å²) in [6.45, 7) is 1.85. The summed E-state index contributed by atoms with van der Waals surface area (Å²) in [5, 5.41) is 11.7.